The van der Waals surface area contributed by atoms with Gasteiger partial charge in [0.1, 0.15) is 0 Å². The number of morpholine rings is 1. The van der Waals surface area contributed by atoms with Crippen LogP contribution >= 0.6 is 0 Å². The summed E-state index contributed by atoms with van der Waals surface area (Å²) in [7, 11) is 0. The molecule has 1 unspecified atom stereocenters. The Balaban J connectivity index is 1.49. The van der Waals surface area contributed by atoms with Crippen LogP contribution in [-0.2, 0) is 9.47 Å². The van der Waals surface area contributed by atoms with Crippen LogP contribution in [-0.4, -0.2) is 53.6 Å². The van der Waals surface area contributed by atoms with Crippen molar-refractivity contribution in [2.75, 3.05) is 32.9 Å². The van der Waals surface area contributed by atoms with Crippen LogP contribution in [0.5, 0.6) is 0 Å². The van der Waals surface area contributed by atoms with E-state index in [1.807, 2.05) is 30.3 Å². The zero-order chi connectivity index (χ0) is 16.4. The van der Waals surface area contributed by atoms with Crippen molar-refractivity contribution in [3.63, 3.8) is 0 Å². The van der Waals surface area contributed by atoms with E-state index in [9.17, 15) is 0 Å². The molecule has 2 aliphatic rings. The molecule has 0 aliphatic carbocycles. The number of nitrogens with zero attached hydrogens (tertiary/aromatic N) is 3. The molecule has 0 saturated carbocycles. The van der Waals surface area contributed by atoms with Crippen LogP contribution in [0, 0.1) is 0 Å². The lowest BCUT2D eigenvalue weighted by Crippen LogP contribution is -2.54. The summed E-state index contributed by atoms with van der Waals surface area (Å²) in [5, 5.41) is 4.14. The number of ether oxygens (including phenoxy) is 2. The van der Waals surface area contributed by atoms with Crippen molar-refractivity contribution in [1.29, 1.82) is 0 Å². The minimum absolute atomic E-state index is 0.0763. The van der Waals surface area contributed by atoms with Gasteiger partial charge in [0.2, 0.25) is 11.7 Å². The van der Waals surface area contributed by atoms with Crippen LogP contribution in [0.1, 0.15) is 31.7 Å². The summed E-state index contributed by atoms with van der Waals surface area (Å²) in [5.74, 6) is 1.31. The van der Waals surface area contributed by atoms with Crippen molar-refractivity contribution in [3.8, 4) is 11.4 Å². The average molecular weight is 329 g/mol. The van der Waals surface area contributed by atoms with Crippen molar-refractivity contribution in [2.45, 2.75) is 31.4 Å². The van der Waals surface area contributed by atoms with E-state index in [0.29, 0.717) is 11.7 Å². The predicted octanol–water partition coefficient (Wildman–Crippen LogP) is 2.68. The fourth-order valence-corrected chi connectivity index (χ4v) is 3.52. The summed E-state index contributed by atoms with van der Waals surface area (Å²) in [4.78, 5) is 6.99. The van der Waals surface area contributed by atoms with E-state index in [1.54, 1.807) is 0 Å². The van der Waals surface area contributed by atoms with E-state index < -0.39 is 0 Å². The quantitative estimate of drug-likeness (QED) is 0.863. The first-order valence-corrected chi connectivity index (χ1v) is 8.61. The van der Waals surface area contributed by atoms with Gasteiger partial charge in [-0.2, -0.15) is 4.98 Å². The SMILES string of the molecule is CC(c1nc(-c2ccccc2)no1)N1CCOC2(CCOCC2)C1. The maximum Gasteiger partial charge on any atom is 0.244 e. The Labute approximate surface area is 141 Å². The molecular weight excluding hydrogens is 306 g/mol. The molecule has 2 aliphatic heterocycles. The summed E-state index contributed by atoms with van der Waals surface area (Å²) in [5.41, 5.74) is 0.898. The van der Waals surface area contributed by atoms with Crippen LogP contribution in [0.4, 0.5) is 0 Å². The smallest absolute Gasteiger partial charge is 0.244 e. The molecule has 0 bridgehead atoms. The second-order valence-corrected chi connectivity index (χ2v) is 6.61. The maximum atomic E-state index is 6.11. The number of rotatable bonds is 3. The van der Waals surface area contributed by atoms with Gasteiger partial charge in [-0.15, -0.1) is 0 Å². The normalized spacial score (nSPS) is 22.5. The molecule has 0 N–H and O–H groups in total. The Morgan fingerprint density at radius 1 is 1.12 bits per heavy atom. The van der Waals surface area contributed by atoms with Crippen molar-refractivity contribution in [3.05, 3.63) is 36.2 Å². The van der Waals surface area contributed by atoms with Crippen LogP contribution in [0.2, 0.25) is 0 Å². The van der Waals surface area contributed by atoms with Crippen LogP contribution < -0.4 is 0 Å². The third kappa shape index (κ3) is 3.09. The van der Waals surface area contributed by atoms with E-state index in [0.717, 1.165) is 51.3 Å². The molecule has 1 atom stereocenters. The van der Waals surface area contributed by atoms with Gasteiger partial charge in [0, 0.05) is 44.7 Å². The van der Waals surface area contributed by atoms with Crippen molar-refractivity contribution in [1.82, 2.24) is 15.0 Å². The first kappa shape index (κ1) is 15.7. The second-order valence-electron chi connectivity index (χ2n) is 6.61. The van der Waals surface area contributed by atoms with E-state index in [2.05, 4.69) is 22.0 Å². The van der Waals surface area contributed by atoms with E-state index in [4.69, 9.17) is 14.0 Å². The Kier molecular flexibility index (Phi) is 4.35. The summed E-state index contributed by atoms with van der Waals surface area (Å²) < 4.78 is 17.1. The molecule has 6 heteroatoms. The minimum Gasteiger partial charge on any atom is -0.381 e. The van der Waals surface area contributed by atoms with E-state index >= 15 is 0 Å². The molecule has 6 nitrogen and oxygen atoms in total. The van der Waals surface area contributed by atoms with Gasteiger partial charge in [-0.3, -0.25) is 4.90 Å². The lowest BCUT2D eigenvalue weighted by Gasteiger charge is -2.46. The molecular formula is C18H23N3O3. The first-order chi connectivity index (χ1) is 11.8. The third-order valence-electron chi connectivity index (χ3n) is 5.06. The lowest BCUT2D eigenvalue weighted by atomic mass is 9.91. The van der Waals surface area contributed by atoms with Gasteiger partial charge in [-0.05, 0) is 6.92 Å². The Morgan fingerprint density at radius 2 is 1.92 bits per heavy atom. The number of hydrogen-bond donors (Lipinski definition) is 0. The van der Waals surface area contributed by atoms with Crippen molar-refractivity contribution in [2.24, 2.45) is 0 Å². The van der Waals surface area contributed by atoms with Crippen LogP contribution in [0.15, 0.2) is 34.9 Å². The molecule has 1 aromatic heterocycles. The zero-order valence-electron chi connectivity index (χ0n) is 14.0. The van der Waals surface area contributed by atoms with Gasteiger partial charge in [0.25, 0.3) is 0 Å². The van der Waals surface area contributed by atoms with Gasteiger partial charge >= 0.3 is 0 Å². The van der Waals surface area contributed by atoms with Gasteiger partial charge in [-0.25, -0.2) is 0 Å². The lowest BCUT2D eigenvalue weighted by molar-refractivity contribution is -0.160. The number of hydrogen-bond acceptors (Lipinski definition) is 6. The van der Waals surface area contributed by atoms with Crippen LogP contribution in [0.25, 0.3) is 11.4 Å². The monoisotopic (exact) mass is 329 g/mol. The molecule has 128 valence electrons. The topological polar surface area (TPSA) is 60.6 Å². The highest BCUT2D eigenvalue weighted by Gasteiger charge is 2.40. The Morgan fingerprint density at radius 3 is 2.71 bits per heavy atom. The van der Waals surface area contributed by atoms with Gasteiger partial charge in [-0.1, -0.05) is 35.5 Å². The third-order valence-corrected chi connectivity index (χ3v) is 5.06. The molecule has 4 rings (SSSR count). The van der Waals surface area contributed by atoms with Crippen molar-refractivity contribution >= 4 is 0 Å². The molecule has 0 amide bonds. The molecule has 1 aromatic carbocycles. The standard InChI is InChI=1S/C18H23N3O3/c1-14(17-19-16(20-24-17)15-5-3-2-4-6-15)21-9-12-23-18(13-21)7-10-22-11-8-18/h2-6,14H,7-13H2,1H3. The molecule has 0 radical (unpaired) electrons. The minimum atomic E-state index is -0.0763. The molecule has 1 spiro atoms. The molecule has 2 aromatic rings. The van der Waals surface area contributed by atoms with Gasteiger partial charge in [0.05, 0.1) is 18.2 Å². The predicted molar refractivity (Wildman–Crippen MR) is 88.5 cm³/mol. The molecule has 2 fully saturated rings. The van der Waals surface area contributed by atoms with E-state index in [1.165, 1.54) is 0 Å². The van der Waals surface area contributed by atoms with Crippen molar-refractivity contribution < 1.29 is 14.0 Å². The molecule has 2 saturated heterocycles. The largest absolute Gasteiger partial charge is 0.381 e. The first-order valence-electron chi connectivity index (χ1n) is 8.61. The molecule has 3 heterocycles. The Hall–Kier alpha value is -1.76. The summed E-state index contributed by atoms with van der Waals surface area (Å²) in [6, 6.07) is 10.0. The second kappa shape index (κ2) is 6.63. The van der Waals surface area contributed by atoms with Gasteiger partial charge < -0.3 is 14.0 Å². The highest BCUT2D eigenvalue weighted by Crippen LogP contribution is 2.33. The van der Waals surface area contributed by atoms with Gasteiger partial charge in [0.15, 0.2) is 0 Å². The summed E-state index contributed by atoms with van der Waals surface area (Å²) in [6.07, 6.45) is 1.91. The number of aromatic nitrogens is 2. The number of benzene rings is 1. The Bertz CT molecular complexity index is 662. The highest BCUT2D eigenvalue weighted by atomic mass is 16.5. The van der Waals surface area contributed by atoms with E-state index in [-0.39, 0.29) is 11.6 Å². The average Bonchev–Trinajstić information content (AvgIpc) is 3.13. The summed E-state index contributed by atoms with van der Waals surface area (Å²) >= 11 is 0. The molecule has 24 heavy (non-hydrogen) atoms. The fourth-order valence-electron chi connectivity index (χ4n) is 3.52. The zero-order valence-corrected chi connectivity index (χ0v) is 14.0. The maximum absolute atomic E-state index is 6.11. The summed E-state index contributed by atoms with van der Waals surface area (Å²) in [6.45, 7) is 6.19. The highest BCUT2D eigenvalue weighted by molar-refractivity contribution is 5.53. The van der Waals surface area contributed by atoms with Crippen LogP contribution in [0.3, 0.4) is 0 Å². The fraction of sp³-hybridized carbons (Fsp3) is 0.556.